The molecule has 2 N–H and O–H groups in total. The molecule has 2 aromatic heterocycles. The molecule has 1 aromatic carbocycles. The van der Waals surface area contributed by atoms with Crippen molar-refractivity contribution in [3.05, 3.63) is 77.6 Å². The molecule has 1 unspecified atom stereocenters. The summed E-state index contributed by atoms with van der Waals surface area (Å²) in [5.41, 5.74) is 3.30. The first-order chi connectivity index (χ1) is 15.7. The van der Waals surface area contributed by atoms with Crippen molar-refractivity contribution in [1.82, 2.24) is 15.3 Å². The molecule has 1 atom stereocenters. The van der Waals surface area contributed by atoms with E-state index in [0.717, 1.165) is 37.0 Å². The monoisotopic (exact) mass is 427 g/mol. The summed E-state index contributed by atoms with van der Waals surface area (Å²) in [4.78, 5) is 21.7. The molecule has 4 rings (SSSR count). The largest absolute Gasteiger partial charge is 0.378 e. The zero-order valence-electron chi connectivity index (χ0n) is 17.8. The first kappa shape index (κ1) is 21.5. The molecule has 3 aromatic rings. The van der Waals surface area contributed by atoms with Gasteiger partial charge in [-0.25, -0.2) is 4.98 Å². The van der Waals surface area contributed by atoms with Crippen LogP contribution in [0.2, 0.25) is 0 Å². The third-order valence-electron chi connectivity index (χ3n) is 5.42. The van der Waals surface area contributed by atoms with Crippen molar-refractivity contribution in [2.45, 2.75) is 31.9 Å². The Labute approximate surface area is 187 Å². The number of amides is 1. The third-order valence-corrected chi connectivity index (χ3v) is 5.42. The Kier molecular flexibility index (Phi) is 7.05. The van der Waals surface area contributed by atoms with Gasteiger partial charge in [0.1, 0.15) is 5.82 Å². The van der Waals surface area contributed by atoms with E-state index in [1.807, 2.05) is 30.3 Å². The molecule has 3 heterocycles. The smallest absolute Gasteiger partial charge is 0.255 e. The molecule has 0 radical (unpaired) electrons. The Hall–Kier alpha value is -3.76. The van der Waals surface area contributed by atoms with Crippen molar-refractivity contribution in [1.29, 1.82) is 5.26 Å². The molecule has 1 aliphatic heterocycles. The van der Waals surface area contributed by atoms with Gasteiger partial charge in [-0.2, -0.15) is 5.26 Å². The quantitative estimate of drug-likeness (QED) is 0.565. The van der Waals surface area contributed by atoms with Crippen LogP contribution in [0.15, 0.2) is 60.9 Å². The Morgan fingerprint density at radius 3 is 2.88 bits per heavy atom. The van der Waals surface area contributed by atoms with Crippen LogP contribution in [0.25, 0.3) is 11.3 Å². The predicted octanol–water partition coefficient (Wildman–Crippen LogP) is 3.93. The van der Waals surface area contributed by atoms with Gasteiger partial charge < -0.3 is 15.4 Å². The summed E-state index contributed by atoms with van der Waals surface area (Å²) < 4.78 is 5.70. The van der Waals surface area contributed by atoms with E-state index in [2.05, 4.69) is 21.7 Å². The molecule has 1 amide bonds. The molecule has 32 heavy (non-hydrogen) atoms. The first-order valence-corrected chi connectivity index (χ1v) is 10.8. The average Bonchev–Trinajstić information content (AvgIpc) is 3.36. The highest BCUT2D eigenvalue weighted by Crippen LogP contribution is 2.25. The Morgan fingerprint density at radius 1 is 1.19 bits per heavy atom. The van der Waals surface area contributed by atoms with E-state index < -0.39 is 0 Å². The SMILES string of the molecule is N#Cc1ccccc1-c1ccc(C(=O)NCc2cccnc2)c(NCCC2CCCO2)n1. The minimum absolute atomic E-state index is 0.221. The second-order valence-corrected chi connectivity index (χ2v) is 7.64. The molecule has 1 aliphatic rings. The Bertz CT molecular complexity index is 1100. The first-order valence-electron chi connectivity index (χ1n) is 10.8. The highest BCUT2D eigenvalue weighted by molar-refractivity contribution is 5.99. The van der Waals surface area contributed by atoms with E-state index in [4.69, 9.17) is 9.72 Å². The lowest BCUT2D eigenvalue weighted by Crippen LogP contribution is -2.25. The van der Waals surface area contributed by atoms with E-state index in [9.17, 15) is 10.1 Å². The van der Waals surface area contributed by atoms with Crippen molar-refractivity contribution in [2.75, 3.05) is 18.5 Å². The van der Waals surface area contributed by atoms with Gasteiger partial charge in [-0.15, -0.1) is 0 Å². The van der Waals surface area contributed by atoms with Crippen molar-refractivity contribution in [2.24, 2.45) is 0 Å². The normalized spacial score (nSPS) is 15.2. The summed E-state index contributed by atoms with van der Waals surface area (Å²) in [5, 5.41) is 15.7. The average molecular weight is 428 g/mol. The summed E-state index contributed by atoms with van der Waals surface area (Å²) in [7, 11) is 0. The fourth-order valence-electron chi connectivity index (χ4n) is 3.73. The number of nitriles is 1. The fraction of sp³-hybridized carbons (Fsp3) is 0.280. The molecule has 1 saturated heterocycles. The van der Waals surface area contributed by atoms with Gasteiger partial charge in [0, 0.05) is 37.7 Å². The molecule has 0 aliphatic carbocycles. The van der Waals surface area contributed by atoms with Gasteiger partial charge in [-0.1, -0.05) is 24.3 Å². The third kappa shape index (κ3) is 5.29. The number of nitrogens with one attached hydrogen (secondary N) is 2. The van der Waals surface area contributed by atoms with Crippen molar-refractivity contribution in [3.8, 4) is 17.3 Å². The number of rotatable bonds is 8. The molecule has 7 heteroatoms. The number of aromatic nitrogens is 2. The number of carbonyl (C=O) groups is 1. The fourth-order valence-corrected chi connectivity index (χ4v) is 3.73. The van der Waals surface area contributed by atoms with Crippen LogP contribution < -0.4 is 10.6 Å². The van der Waals surface area contributed by atoms with Gasteiger partial charge in [0.05, 0.1) is 29.0 Å². The molecule has 0 spiro atoms. The predicted molar refractivity (Wildman–Crippen MR) is 122 cm³/mol. The second kappa shape index (κ2) is 10.5. The summed E-state index contributed by atoms with van der Waals surface area (Å²) in [6.07, 6.45) is 6.66. The van der Waals surface area contributed by atoms with Gasteiger partial charge >= 0.3 is 0 Å². The number of carbonyl (C=O) groups excluding carboxylic acids is 1. The van der Waals surface area contributed by atoms with E-state index in [-0.39, 0.29) is 12.0 Å². The highest BCUT2D eigenvalue weighted by Gasteiger charge is 2.18. The van der Waals surface area contributed by atoms with E-state index in [0.29, 0.717) is 35.7 Å². The summed E-state index contributed by atoms with van der Waals surface area (Å²) in [6, 6.07) is 16.8. The summed E-state index contributed by atoms with van der Waals surface area (Å²) in [5.74, 6) is 0.276. The summed E-state index contributed by atoms with van der Waals surface area (Å²) >= 11 is 0. The lowest BCUT2D eigenvalue weighted by atomic mass is 10.0. The minimum atomic E-state index is -0.221. The molecule has 0 saturated carbocycles. The highest BCUT2D eigenvalue weighted by atomic mass is 16.5. The molecule has 1 fully saturated rings. The lowest BCUT2D eigenvalue weighted by Gasteiger charge is -2.15. The summed E-state index contributed by atoms with van der Waals surface area (Å²) in [6.45, 7) is 1.83. The van der Waals surface area contributed by atoms with Gasteiger partial charge in [-0.05, 0) is 49.1 Å². The van der Waals surface area contributed by atoms with Crippen LogP contribution in [0.4, 0.5) is 5.82 Å². The maximum Gasteiger partial charge on any atom is 0.255 e. The van der Waals surface area contributed by atoms with E-state index >= 15 is 0 Å². The Morgan fingerprint density at radius 2 is 2.09 bits per heavy atom. The van der Waals surface area contributed by atoms with Crippen molar-refractivity contribution < 1.29 is 9.53 Å². The maximum absolute atomic E-state index is 12.9. The van der Waals surface area contributed by atoms with Crippen LogP contribution >= 0.6 is 0 Å². The maximum atomic E-state index is 12.9. The molecular weight excluding hydrogens is 402 g/mol. The number of hydrogen-bond donors (Lipinski definition) is 2. The van der Waals surface area contributed by atoms with Crippen LogP contribution in [0, 0.1) is 11.3 Å². The molecule has 7 nitrogen and oxygen atoms in total. The number of nitrogens with zero attached hydrogens (tertiary/aromatic N) is 3. The van der Waals surface area contributed by atoms with Gasteiger partial charge in [0.15, 0.2) is 0 Å². The number of benzene rings is 1. The van der Waals surface area contributed by atoms with Crippen LogP contribution in [0.3, 0.4) is 0 Å². The van der Waals surface area contributed by atoms with Gasteiger partial charge in [0.25, 0.3) is 5.91 Å². The zero-order valence-corrected chi connectivity index (χ0v) is 17.8. The second-order valence-electron chi connectivity index (χ2n) is 7.64. The molecule has 0 bridgehead atoms. The van der Waals surface area contributed by atoms with E-state index in [1.54, 1.807) is 30.6 Å². The lowest BCUT2D eigenvalue weighted by molar-refractivity contribution is 0.0951. The van der Waals surface area contributed by atoms with Crippen molar-refractivity contribution >= 4 is 11.7 Å². The minimum Gasteiger partial charge on any atom is -0.378 e. The van der Waals surface area contributed by atoms with Crippen LogP contribution in [0.1, 0.15) is 40.7 Å². The number of anilines is 1. The van der Waals surface area contributed by atoms with Crippen LogP contribution in [0.5, 0.6) is 0 Å². The van der Waals surface area contributed by atoms with Crippen LogP contribution in [-0.2, 0) is 11.3 Å². The number of hydrogen-bond acceptors (Lipinski definition) is 6. The standard InChI is InChI=1S/C25H25N5O2/c26-15-19-6-1-2-8-21(19)23-10-9-22(25(31)29-17-18-5-3-12-27-16-18)24(30-23)28-13-11-20-7-4-14-32-20/h1-3,5-6,8-10,12,16,20H,4,7,11,13-14,17H2,(H,28,30)(H,29,31). The Balaban J connectivity index is 1.55. The van der Waals surface area contributed by atoms with Gasteiger partial charge in [0.2, 0.25) is 0 Å². The van der Waals surface area contributed by atoms with Gasteiger partial charge in [-0.3, -0.25) is 9.78 Å². The van der Waals surface area contributed by atoms with Crippen LogP contribution in [-0.4, -0.2) is 35.1 Å². The molecular formula is C25H25N5O2. The number of ether oxygens (including phenoxy) is 1. The number of pyridine rings is 2. The topological polar surface area (TPSA) is 99.9 Å². The molecule has 162 valence electrons. The zero-order chi connectivity index (χ0) is 22.2. The van der Waals surface area contributed by atoms with Crippen molar-refractivity contribution in [3.63, 3.8) is 0 Å². The van der Waals surface area contributed by atoms with E-state index in [1.165, 1.54) is 0 Å².